The maximum atomic E-state index is 12.5. The summed E-state index contributed by atoms with van der Waals surface area (Å²) < 4.78 is 27.2. The van der Waals surface area contributed by atoms with Crippen LogP contribution in [-0.2, 0) is 30.8 Å². The first-order valence-electron chi connectivity index (χ1n) is 11.7. The SMILES string of the molecule is Cc1ccccc1S(=O)(=O)NC(=O)N1CCC(C(=O)NCCC(=O)NC(Cc2cnc[nH]2)C(=O)O)CC1. The molecule has 1 aromatic carbocycles. The molecule has 2 aromatic rings. The van der Waals surface area contributed by atoms with Crippen molar-refractivity contribution in [2.24, 2.45) is 5.92 Å². The lowest BCUT2D eigenvalue weighted by molar-refractivity contribution is -0.141. The van der Waals surface area contributed by atoms with Gasteiger partial charge >= 0.3 is 12.0 Å². The standard InChI is InChI=1S/C23H30N6O7S/c1-15-4-2-3-5-19(15)37(35,36)28-23(34)29-10-7-16(8-11-29)21(31)25-9-6-20(30)27-18(22(32)33)12-17-13-24-14-26-17/h2-5,13-14,16,18H,6-12H2,1H3,(H,24,26)(H,25,31)(H,27,30)(H,28,34)(H,32,33). The number of aryl methyl sites for hydroxylation is 1. The van der Waals surface area contributed by atoms with E-state index in [9.17, 15) is 32.7 Å². The number of piperidine rings is 1. The van der Waals surface area contributed by atoms with E-state index in [1.807, 2.05) is 0 Å². The van der Waals surface area contributed by atoms with E-state index in [0.717, 1.165) is 0 Å². The highest BCUT2D eigenvalue weighted by Gasteiger charge is 2.30. The highest BCUT2D eigenvalue weighted by Crippen LogP contribution is 2.19. The number of nitrogens with zero attached hydrogens (tertiary/aromatic N) is 2. The van der Waals surface area contributed by atoms with Crippen LogP contribution in [0.5, 0.6) is 0 Å². The van der Waals surface area contributed by atoms with E-state index >= 15 is 0 Å². The number of aromatic nitrogens is 2. The number of carbonyl (C=O) groups is 4. The lowest BCUT2D eigenvalue weighted by atomic mass is 9.96. The second-order valence-electron chi connectivity index (χ2n) is 8.72. The van der Waals surface area contributed by atoms with Gasteiger partial charge in [-0.3, -0.25) is 9.59 Å². The van der Waals surface area contributed by atoms with Gasteiger partial charge in [-0.2, -0.15) is 0 Å². The topological polar surface area (TPSA) is 191 Å². The zero-order chi connectivity index (χ0) is 27.0. The van der Waals surface area contributed by atoms with Gasteiger partial charge in [0.15, 0.2) is 0 Å². The summed E-state index contributed by atoms with van der Waals surface area (Å²) in [4.78, 5) is 56.5. The molecule has 1 aliphatic heterocycles. The molecule has 0 aliphatic carbocycles. The summed E-state index contributed by atoms with van der Waals surface area (Å²) in [6.45, 7) is 2.05. The summed E-state index contributed by atoms with van der Waals surface area (Å²) in [6, 6.07) is 4.46. The predicted octanol–water partition coefficient (Wildman–Crippen LogP) is 0.147. The molecular formula is C23H30N6O7S. The van der Waals surface area contributed by atoms with Crippen LogP contribution < -0.4 is 15.4 Å². The number of benzene rings is 1. The smallest absolute Gasteiger partial charge is 0.331 e. The summed E-state index contributed by atoms with van der Waals surface area (Å²) in [7, 11) is -4.02. The molecule has 37 heavy (non-hydrogen) atoms. The normalized spacial score (nSPS) is 15.0. The Morgan fingerprint density at radius 1 is 1.19 bits per heavy atom. The van der Waals surface area contributed by atoms with Crippen molar-refractivity contribution in [2.45, 2.75) is 43.5 Å². The Kier molecular flexibility index (Phi) is 9.22. The Morgan fingerprint density at radius 3 is 2.51 bits per heavy atom. The summed E-state index contributed by atoms with van der Waals surface area (Å²) in [5.74, 6) is -2.39. The van der Waals surface area contributed by atoms with Crippen molar-refractivity contribution < 1.29 is 32.7 Å². The largest absolute Gasteiger partial charge is 0.480 e. The van der Waals surface area contributed by atoms with E-state index in [0.29, 0.717) is 24.1 Å². The molecule has 1 fully saturated rings. The molecule has 1 unspecified atom stereocenters. The fraction of sp³-hybridized carbons (Fsp3) is 0.435. The average Bonchev–Trinajstić information content (AvgIpc) is 3.36. The predicted molar refractivity (Wildman–Crippen MR) is 131 cm³/mol. The van der Waals surface area contributed by atoms with Gasteiger partial charge in [0.1, 0.15) is 6.04 Å². The second kappa shape index (κ2) is 12.3. The number of aromatic amines is 1. The van der Waals surface area contributed by atoms with E-state index in [1.54, 1.807) is 25.1 Å². The van der Waals surface area contributed by atoms with Gasteiger partial charge in [0.25, 0.3) is 10.0 Å². The van der Waals surface area contributed by atoms with Crippen LogP contribution in [0.3, 0.4) is 0 Å². The highest BCUT2D eigenvalue weighted by molar-refractivity contribution is 7.90. The third-order valence-electron chi connectivity index (χ3n) is 6.02. The van der Waals surface area contributed by atoms with E-state index < -0.39 is 39.9 Å². The number of aliphatic carboxylic acids is 1. The van der Waals surface area contributed by atoms with Crippen molar-refractivity contribution in [3.05, 3.63) is 48.0 Å². The van der Waals surface area contributed by atoms with Crippen LogP contribution >= 0.6 is 0 Å². The van der Waals surface area contributed by atoms with Crippen molar-refractivity contribution in [2.75, 3.05) is 19.6 Å². The molecule has 0 radical (unpaired) electrons. The molecule has 1 aliphatic rings. The van der Waals surface area contributed by atoms with Crippen LogP contribution in [0.25, 0.3) is 0 Å². The van der Waals surface area contributed by atoms with Crippen molar-refractivity contribution in [1.29, 1.82) is 0 Å². The molecule has 0 bridgehead atoms. The van der Waals surface area contributed by atoms with Gasteiger partial charge in [0.05, 0.1) is 11.2 Å². The molecule has 1 aromatic heterocycles. The van der Waals surface area contributed by atoms with Crippen molar-refractivity contribution in [3.8, 4) is 0 Å². The monoisotopic (exact) mass is 534 g/mol. The molecule has 14 heteroatoms. The molecule has 1 atom stereocenters. The Labute approximate surface area is 214 Å². The Bertz CT molecular complexity index is 1220. The van der Waals surface area contributed by atoms with Gasteiger partial charge in [-0.05, 0) is 31.4 Å². The number of rotatable bonds is 10. The third-order valence-corrected chi connectivity index (χ3v) is 7.50. The number of nitrogens with one attached hydrogen (secondary N) is 4. The lowest BCUT2D eigenvalue weighted by Gasteiger charge is -2.31. The number of H-pyrrole nitrogens is 1. The summed E-state index contributed by atoms with van der Waals surface area (Å²) >= 11 is 0. The van der Waals surface area contributed by atoms with E-state index in [-0.39, 0.29) is 43.3 Å². The molecular weight excluding hydrogens is 504 g/mol. The van der Waals surface area contributed by atoms with Crippen molar-refractivity contribution >= 4 is 33.8 Å². The van der Waals surface area contributed by atoms with Crippen LogP contribution in [0.15, 0.2) is 41.7 Å². The second-order valence-corrected chi connectivity index (χ2v) is 10.4. The van der Waals surface area contributed by atoms with E-state index in [2.05, 4.69) is 25.3 Å². The van der Waals surface area contributed by atoms with Gasteiger partial charge in [0.2, 0.25) is 11.8 Å². The first kappa shape index (κ1) is 27.6. The number of hydrogen-bond acceptors (Lipinski definition) is 7. The number of carboxylic acids is 1. The number of urea groups is 1. The third kappa shape index (κ3) is 7.77. The molecule has 5 N–H and O–H groups in total. The Balaban J connectivity index is 1.39. The van der Waals surface area contributed by atoms with Crippen LogP contribution in [0.4, 0.5) is 4.79 Å². The van der Waals surface area contributed by atoms with Crippen molar-refractivity contribution in [3.63, 3.8) is 0 Å². The Morgan fingerprint density at radius 2 is 1.89 bits per heavy atom. The molecule has 200 valence electrons. The van der Waals surface area contributed by atoms with E-state index in [4.69, 9.17) is 0 Å². The molecule has 2 heterocycles. The lowest BCUT2D eigenvalue weighted by Crippen LogP contribution is -2.48. The number of amides is 4. The quantitative estimate of drug-likeness (QED) is 0.284. The number of likely N-dealkylation sites (tertiary alicyclic amines) is 1. The van der Waals surface area contributed by atoms with E-state index in [1.165, 1.54) is 23.5 Å². The van der Waals surface area contributed by atoms with Crippen LogP contribution in [0.1, 0.15) is 30.5 Å². The number of hydrogen-bond donors (Lipinski definition) is 5. The number of imidazole rings is 1. The average molecular weight is 535 g/mol. The van der Waals surface area contributed by atoms with Crippen LogP contribution in [0, 0.1) is 12.8 Å². The maximum Gasteiger partial charge on any atom is 0.331 e. The minimum atomic E-state index is -4.02. The van der Waals surface area contributed by atoms with Crippen molar-refractivity contribution in [1.82, 2.24) is 30.2 Å². The zero-order valence-corrected chi connectivity index (χ0v) is 21.1. The highest BCUT2D eigenvalue weighted by atomic mass is 32.2. The Hall–Kier alpha value is -3.94. The number of sulfonamides is 1. The van der Waals surface area contributed by atoms with Gasteiger partial charge in [-0.25, -0.2) is 27.7 Å². The zero-order valence-electron chi connectivity index (χ0n) is 20.3. The minimum Gasteiger partial charge on any atom is -0.480 e. The van der Waals surface area contributed by atoms with Gasteiger partial charge < -0.3 is 25.6 Å². The van der Waals surface area contributed by atoms with Crippen LogP contribution in [-0.4, -0.2) is 77.9 Å². The molecule has 13 nitrogen and oxygen atoms in total. The van der Waals surface area contributed by atoms with Gasteiger partial charge in [-0.1, -0.05) is 18.2 Å². The number of carboxylic acid groups (broad SMARTS) is 1. The fourth-order valence-electron chi connectivity index (χ4n) is 3.96. The molecule has 0 saturated carbocycles. The van der Waals surface area contributed by atoms with Gasteiger partial charge in [-0.15, -0.1) is 0 Å². The fourth-order valence-corrected chi connectivity index (χ4v) is 5.18. The van der Waals surface area contributed by atoms with Crippen LogP contribution in [0.2, 0.25) is 0 Å². The first-order valence-corrected chi connectivity index (χ1v) is 13.2. The van der Waals surface area contributed by atoms with Gasteiger partial charge in [0, 0.05) is 50.3 Å². The summed E-state index contributed by atoms with van der Waals surface area (Å²) in [6.07, 6.45) is 3.50. The molecule has 4 amide bonds. The maximum absolute atomic E-state index is 12.5. The minimum absolute atomic E-state index is 0.0242. The molecule has 0 spiro atoms. The molecule has 3 rings (SSSR count). The summed E-state index contributed by atoms with van der Waals surface area (Å²) in [5, 5.41) is 14.4. The number of carbonyl (C=O) groups excluding carboxylic acids is 3. The first-order chi connectivity index (χ1) is 17.6. The molecule has 1 saturated heterocycles. The summed E-state index contributed by atoms with van der Waals surface area (Å²) in [5.41, 5.74) is 1.08.